The van der Waals surface area contributed by atoms with Crippen molar-refractivity contribution in [2.45, 2.75) is 26.2 Å². The van der Waals surface area contributed by atoms with Gasteiger partial charge >= 0.3 is 5.63 Å². The van der Waals surface area contributed by atoms with Gasteiger partial charge in [0.2, 0.25) is 0 Å². The SMILES string of the molecule is CC/C=C/Oc1c(O)c2c(OCCCCO)cccc2oc1=O. The van der Waals surface area contributed by atoms with E-state index in [-0.39, 0.29) is 29.1 Å². The smallest absolute Gasteiger partial charge is 0.383 e. The van der Waals surface area contributed by atoms with Crippen LogP contribution in [0.2, 0.25) is 0 Å². The molecule has 23 heavy (non-hydrogen) atoms. The molecule has 1 heterocycles. The first kappa shape index (κ1) is 16.9. The molecule has 1 aromatic heterocycles. The van der Waals surface area contributed by atoms with Crippen molar-refractivity contribution in [3.63, 3.8) is 0 Å². The van der Waals surface area contributed by atoms with Gasteiger partial charge in [0.1, 0.15) is 16.7 Å². The van der Waals surface area contributed by atoms with Gasteiger partial charge in [0, 0.05) is 6.61 Å². The highest BCUT2D eigenvalue weighted by Gasteiger charge is 2.18. The fourth-order valence-electron chi connectivity index (χ4n) is 2.02. The van der Waals surface area contributed by atoms with Crippen molar-refractivity contribution < 1.29 is 24.1 Å². The van der Waals surface area contributed by atoms with Crippen LogP contribution in [0.4, 0.5) is 0 Å². The Hall–Kier alpha value is -2.47. The third-order valence-electron chi connectivity index (χ3n) is 3.16. The molecule has 2 N–H and O–H groups in total. The van der Waals surface area contributed by atoms with Gasteiger partial charge in [-0.25, -0.2) is 4.79 Å². The lowest BCUT2D eigenvalue weighted by Gasteiger charge is -2.11. The van der Waals surface area contributed by atoms with Crippen LogP contribution < -0.4 is 15.1 Å². The molecule has 124 valence electrons. The lowest BCUT2D eigenvalue weighted by Crippen LogP contribution is -2.05. The summed E-state index contributed by atoms with van der Waals surface area (Å²) in [6, 6.07) is 4.92. The van der Waals surface area contributed by atoms with Crippen LogP contribution in [-0.2, 0) is 0 Å². The second kappa shape index (κ2) is 8.24. The van der Waals surface area contributed by atoms with Crippen LogP contribution in [0.15, 0.2) is 39.7 Å². The first-order valence-electron chi connectivity index (χ1n) is 7.53. The molecule has 0 aliphatic heterocycles. The Balaban J connectivity index is 2.39. The van der Waals surface area contributed by atoms with E-state index in [1.54, 1.807) is 24.3 Å². The maximum absolute atomic E-state index is 11.9. The van der Waals surface area contributed by atoms with E-state index in [4.69, 9.17) is 19.0 Å². The zero-order valence-electron chi connectivity index (χ0n) is 12.9. The predicted octanol–water partition coefficient (Wildman–Crippen LogP) is 2.95. The summed E-state index contributed by atoms with van der Waals surface area (Å²) < 4.78 is 16.0. The molecule has 6 heteroatoms. The highest BCUT2D eigenvalue weighted by atomic mass is 16.5. The summed E-state index contributed by atoms with van der Waals surface area (Å²) in [4.78, 5) is 11.9. The summed E-state index contributed by atoms with van der Waals surface area (Å²) in [6.45, 7) is 2.39. The molecule has 0 fully saturated rings. The Kier molecular flexibility index (Phi) is 6.05. The highest BCUT2D eigenvalue weighted by Crippen LogP contribution is 2.37. The lowest BCUT2D eigenvalue weighted by molar-refractivity contribution is 0.254. The largest absolute Gasteiger partial charge is 0.503 e. The lowest BCUT2D eigenvalue weighted by atomic mass is 10.2. The number of allylic oxidation sites excluding steroid dienone is 1. The monoisotopic (exact) mass is 320 g/mol. The molecule has 2 aromatic rings. The molecule has 0 bridgehead atoms. The molecule has 0 saturated carbocycles. The van der Waals surface area contributed by atoms with E-state index in [1.807, 2.05) is 6.92 Å². The average molecular weight is 320 g/mol. The van der Waals surface area contributed by atoms with E-state index >= 15 is 0 Å². The summed E-state index contributed by atoms with van der Waals surface area (Å²) in [6.07, 6.45) is 5.08. The van der Waals surface area contributed by atoms with Crippen LogP contribution in [0.25, 0.3) is 11.0 Å². The first-order valence-corrected chi connectivity index (χ1v) is 7.53. The third kappa shape index (κ3) is 4.04. The van der Waals surface area contributed by atoms with Gasteiger partial charge in [-0.1, -0.05) is 13.0 Å². The maximum Gasteiger partial charge on any atom is 0.383 e. The topological polar surface area (TPSA) is 89.1 Å². The molecule has 0 amide bonds. The van der Waals surface area contributed by atoms with Crippen molar-refractivity contribution >= 4 is 11.0 Å². The van der Waals surface area contributed by atoms with Gasteiger partial charge in [0.15, 0.2) is 5.75 Å². The number of aliphatic hydroxyl groups excluding tert-OH is 1. The van der Waals surface area contributed by atoms with Gasteiger partial charge in [-0.2, -0.15) is 0 Å². The number of aliphatic hydroxyl groups is 1. The van der Waals surface area contributed by atoms with E-state index in [1.165, 1.54) is 6.26 Å². The number of hydrogen-bond acceptors (Lipinski definition) is 6. The Morgan fingerprint density at radius 1 is 1.30 bits per heavy atom. The van der Waals surface area contributed by atoms with Crippen molar-refractivity contribution in [1.29, 1.82) is 0 Å². The van der Waals surface area contributed by atoms with Crippen LogP contribution in [0.5, 0.6) is 17.2 Å². The fourth-order valence-corrected chi connectivity index (χ4v) is 2.02. The van der Waals surface area contributed by atoms with E-state index < -0.39 is 5.63 Å². The van der Waals surface area contributed by atoms with Gasteiger partial charge in [0.05, 0.1) is 12.9 Å². The molecule has 6 nitrogen and oxygen atoms in total. The van der Waals surface area contributed by atoms with Crippen LogP contribution in [-0.4, -0.2) is 23.4 Å². The van der Waals surface area contributed by atoms with E-state index in [0.717, 1.165) is 6.42 Å². The van der Waals surface area contributed by atoms with Gasteiger partial charge in [-0.15, -0.1) is 0 Å². The number of aromatic hydroxyl groups is 1. The van der Waals surface area contributed by atoms with Gasteiger partial charge in [-0.05, 0) is 37.5 Å². The van der Waals surface area contributed by atoms with Crippen molar-refractivity contribution in [1.82, 2.24) is 0 Å². The third-order valence-corrected chi connectivity index (χ3v) is 3.16. The summed E-state index contributed by atoms with van der Waals surface area (Å²) in [5.74, 6) is -0.186. The van der Waals surface area contributed by atoms with Crippen molar-refractivity contribution in [3.05, 3.63) is 41.0 Å². The summed E-state index contributed by atoms with van der Waals surface area (Å²) in [5, 5.41) is 19.4. The number of ether oxygens (including phenoxy) is 2. The Bertz CT molecular complexity index is 732. The molecule has 0 saturated heterocycles. The zero-order valence-corrected chi connectivity index (χ0v) is 12.9. The van der Waals surface area contributed by atoms with Crippen LogP contribution >= 0.6 is 0 Å². The first-order chi connectivity index (χ1) is 11.2. The summed E-state index contributed by atoms with van der Waals surface area (Å²) in [7, 11) is 0. The number of unbranched alkanes of at least 4 members (excludes halogenated alkanes) is 1. The minimum atomic E-state index is -0.756. The van der Waals surface area contributed by atoms with E-state index in [9.17, 15) is 9.90 Å². The molecule has 0 aliphatic carbocycles. The average Bonchev–Trinajstić information content (AvgIpc) is 2.54. The zero-order chi connectivity index (χ0) is 16.7. The van der Waals surface area contributed by atoms with E-state index in [0.29, 0.717) is 25.2 Å². The Morgan fingerprint density at radius 2 is 2.13 bits per heavy atom. The van der Waals surface area contributed by atoms with Crippen LogP contribution in [0.3, 0.4) is 0 Å². The van der Waals surface area contributed by atoms with Gasteiger partial charge < -0.3 is 24.1 Å². The molecule has 1 aromatic carbocycles. The molecule has 0 spiro atoms. The van der Waals surface area contributed by atoms with Gasteiger partial charge in [-0.3, -0.25) is 0 Å². The molecular formula is C17H20O6. The normalized spacial score (nSPS) is 11.2. The van der Waals surface area contributed by atoms with E-state index in [2.05, 4.69) is 0 Å². The van der Waals surface area contributed by atoms with Crippen LogP contribution in [0, 0.1) is 0 Å². The second-order valence-electron chi connectivity index (χ2n) is 4.87. The molecule has 2 rings (SSSR count). The number of fused-ring (bicyclic) bond motifs is 1. The predicted molar refractivity (Wildman–Crippen MR) is 86.0 cm³/mol. The fraction of sp³-hybridized carbons (Fsp3) is 0.353. The Morgan fingerprint density at radius 3 is 2.87 bits per heavy atom. The Labute approximate surface area is 133 Å². The second-order valence-corrected chi connectivity index (χ2v) is 4.87. The van der Waals surface area contributed by atoms with Crippen LogP contribution in [0.1, 0.15) is 26.2 Å². The maximum atomic E-state index is 11.9. The molecule has 0 unspecified atom stereocenters. The number of benzene rings is 1. The summed E-state index contributed by atoms with van der Waals surface area (Å²) in [5.41, 5.74) is -0.535. The standard InChI is InChI=1S/C17H20O6/c1-2-3-10-22-16-15(19)14-12(21-11-5-4-9-18)7-6-8-13(14)23-17(16)20/h3,6-8,10,18-19H,2,4-5,9,11H2,1H3/b10-3+. The minimum absolute atomic E-state index is 0.0980. The molecular weight excluding hydrogens is 300 g/mol. The van der Waals surface area contributed by atoms with Crippen molar-refractivity contribution in [3.8, 4) is 17.2 Å². The number of hydrogen-bond donors (Lipinski definition) is 2. The summed E-state index contributed by atoms with van der Waals surface area (Å²) >= 11 is 0. The van der Waals surface area contributed by atoms with Crippen molar-refractivity contribution in [2.75, 3.05) is 13.2 Å². The highest BCUT2D eigenvalue weighted by molar-refractivity contribution is 5.91. The molecule has 0 radical (unpaired) electrons. The van der Waals surface area contributed by atoms with Crippen molar-refractivity contribution in [2.24, 2.45) is 0 Å². The van der Waals surface area contributed by atoms with Gasteiger partial charge in [0.25, 0.3) is 5.75 Å². The quantitative estimate of drug-likeness (QED) is 0.441. The minimum Gasteiger partial charge on any atom is -0.503 e. The molecule has 0 atom stereocenters. The molecule has 0 aliphatic rings. The number of rotatable bonds is 8.